The van der Waals surface area contributed by atoms with Gasteiger partial charge in [0, 0.05) is 31.7 Å². The summed E-state index contributed by atoms with van der Waals surface area (Å²) in [6.07, 6.45) is 0. The van der Waals surface area contributed by atoms with Crippen molar-refractivity contribution in [3.63, 3.8) is 0 Å². The number of amides is 1. The average Bonchev–Trinajstić information content (AvgIpc) is 2.37. The number of nitrogens with zero attached hydrogens (tertiary/aromatic N) is 1. The predicted molar refractivity (Wildman–Crippen MR) is 73.2 cm³/mol. The molecule has 2 rings (SSSR count). The van der Waals surface area contributed by atoms with E-state index in [1.807, 2.05) is 6.92 Å². The highest BCUT2D eigenvalue weighted by Gasteiger charge is 2.22. The highest BCUT2D eigenvalue weighted by molar-refractivity contribution is 5.85. The number of halogens is 2. The summed E-state index contributed by atoms with van der Waals surface area (Å²) in [7, 11) is 0. The quantitative estimate of drug-likeness (QED) is 0.915. The Labute approximate surface area is 118 Å². The van der Waals surface area contributed by atoms with Gasteiger partial charge in [0.15, 0.2) is 6.61 Å². The van der Waals surface area contributed by atoms with E-state index < -0.39 is 0 Å². The monoisotopic (exact) mass is 288 g/mol. The predicted octanol–water partition coefficient (Wildman–Crippen LogP) is 1.45. The summed E-state index contributed by atoms with van der Waals surface area (Å²) in [5.41, 5.74) is 0. The van der Waals surface area contributed by atoms with E-state index in [4.69, 9.17) is 4.74 Å². The third-order valence-electron chi connectivity index (χ3n) is 2.98. The third-order valence-corrected chi connectivity index (χ3v) is 2.98. The van der Waals surface area contributed by atoms with Crippen molar-refractivity contribution in [1.29, 1.82) is 0 Å². The van der Waals surface area contributed by atoms with Gasteiger partial charge in [-0.3, -0.25) is 4.79 Å². The lowest BCUT2D eigenvalue weighted by molar-refractivity contribution is -0.136. The molecule has 0 aromatic heterocycles. The third kappa shape index (κ3) is 4.36. The number of carbonyl (C=O) groups excluding carboxylic acids is 1. The Kier molecular flexibility index (Phi) is 6.05. The molecule has 1 atom stereocenters. The fraction of sp³-hybridized carbons (Fsp3) is 0.462. The Balaban J connectivity index is 0.00000180. The lowest BCUT2D eigenvalue weighted by Crippen LogP contribution is -2.53. The molecule has 0 saturated carbocycles. The van der Waals surface area contributed by atoms with Crippen LogP contribution in [0.2, 0.25) is 0 Å². The molecular weight excluding hydrogens is 271 g/mol. The van der Waals surface area contributed by atoms with E-state index in [1.165, 1.54) is 12.1 Å². The molecule has 0 bridgehead atoms. The minimum atomic E-state index is -0.365. The van der Waals surface area contributed by atoms with E-state index in [0.29, 0.717) is 12.3 Å². The van der Waals surface area contributed by atoms with Crippen LogP contribution in [-0.2, 0) is 4.79 Å². The van der Waals surface area contributed by atoms with Crippen molar-refractivity contribution >= 4 is 18.3 Å². The van der Waals surface area contributed by atoms with Gasteiger partial charge >= 0.3 is 0 Å². The van der Waals surface area contributed by atoms with Crippen molar-refractivity contribution in [2.24, 2.45) is 0 Å². The molecule has 0 aliphatic carbocycles. The molecule has 1 unspecified atom stereocenters. The second-order valence-corrected chi connectivity index (χ2v) is 4.39. The van der Waals surface area contributed by atoms with E-state index in [2.05, 4.69) is 5.32 Å². The van der Waals surface area contributed by atoms with Crippen LogP contribution in [0, 0.1) is 5.82 Å². The summed E-state index contributed by atoms with van der Waals surface area (Å²) < 4.78 is 18.2. The largest absolute Gasteiger partial charge is 0.484 e. The number of rotatable bonds is 3. The normalized spacial score (nSPS) is 18.6. The second kappa shape index (κ2) is 7.31. The Morgan fingerprint density at radius 2 is 2.37 bits per heavy atom. The van der Waals surface area contributed by atoms with E-state index in [1.54, 1.807) is 17.0 Å². The minimum Gasteiger partial charge on any atom is -0.484 e. The molecule has 1 amide bonds. The van der Waals surface area contributed by atoms with Crippen LogP contribution in [0.3, 0.4) is 0 Å². The van der Waals surface area contributed by atoms with Crippen LogP contribution >= 0.6 is 12.4 Å². The zero-order valence-corrected chi connectivity index (χ0v) is 11.6. The van der Waals surface area contributed by atoms with Crippen molar-refractivity contribution in [2.45, 2.75) is 13.0 Å². The van der Waals surface area contributed by atoms with Crippen molar-refractivity contribution in [3.8, 4) is 5.75 Å². The lowest BCUT2D eigenvalue weighted by atomic mass is 10.2. The number of ether oxygens (including phenoxy) is 1. The van der Waals surface area contributed by atoms with Gasteiger partial charge in [0.2, 0.25) is 0 Å². The van der Waals surface area contributed by atoms with Gasteiger partial charge in [-0.1, -0.05) is 6.07 Å². The topological polar surface area (TPSA) is 41.6 Å². The molecule has 19 heavy (non-hydrogen) atoms. The molecule has 1 saturated heterocycles. The first-order chi connectivity index (χ1) is 8.66. The van der Waals surface area contributed by atoms with E-state index in [9.17, 15) is 9.18 Å². The summed E-state index contributed by atoms with van der Waals surface area (Å²) in [4.78, 5) is 13.7. The van der Waals surface area contributed by atoms with Crippen LogP contribution in [-0.4, -0.2) is 43.1 Å². The molecule has 106 valence electrons. The number of piperazine rings is 1. The number of carbonyl (C=O) groups is 1. The van der Waals surface area contributed by atoms with Crippen molar-refractivity contribution < 1.29 is 13.9 Å². The highest BCUT2D eigenvalue weighted by atomic mass is 35.5. The summed E-state index contributed by atoms with van der Waals surface area (Å²) in [5, 5.41) is 3.22. The second-order valence-electron chi connectivity index (χ2n) is 4.39. The molecule has 1 N–H and O–H groups in total. The zero-order chi connectivity index (χ0) is 13.0. The van der Waals surface area contributed by atoms with Gasteiger partial charge in [-0.2, -0.15) is 0 Å². The summed E-state index contributed by atoms with van der Waals surface area (Å²) in [6.45, 7) is 4.23. The Bertz CT molecular complexity index is 431. The maximum absolute atomic E-state index is 12.9. The molecular formula is C13H18ClFN2O2. The highest BCUT2D eigenvalue weighted by Crippen LogP contribution is 2.12. The van der Waals surface area contributed by atoms with Crippen LogP contribution in [0.5, 0.6) is 5.75 Å². The van der Waals surface area contributed by atoms with Gasteiger partial charge in [0.1, 0.15) is 11.6 Å². The van der Waals surface area contributed by atoms with Gasteiger partial charge < -0.3 is 15.0 Å². The summed E-state index contributed by atoms with van der Waals surface area (Å²) in [5.74, 6) is -0.0464. The molecule has 1 heterocycles. The van der Waals surface area contributed by atoms with Crippen LogP contribution in [0.4, 0.5) is 4.39 Å². The SMILES string of the molecule is CC1CNCCN1C(=O)COc1cccc(F)c1.Cl. The molecule has 1 aliphatic heterocycles. The van der Waals surface area contributed by atoms with Crippen molar-refractivity contribution in [2.75, 3.05) is 26.2 Å². The number of hydrogen-bond donors (Lipinski definition) is 1. The lowest BCUT2D eigenvalue weighted by Gasteiger charge is -2.33. The standard InChI is InChI=1S/C13H17FN2O2.ClH/c1-10-8-15-5-6-16(10)13(17)9-18-12-4-2-3-11(14)7-12;/h2-4,7,10,15H,5-6,8-9H2,1H3;1H. The van der Waals surface area contributed by atoms with Gasteiger partial charge in [0.25, 0.3) is 5.91 Å². The van der Waals surface area contributed by atoms with Crippen LogP contribution < -0.4 is 10.1 Å². The van der Waals surface area contributed by atoms with Crippen LogP contribution in [0.15, 0.2) is 24.3 Å². The minimum absolute atomic E-state index is 0. The number of benzene rings is 1. The van der Waals surface area contributed by atoms with Crippen molar-refractivity contribution in [1.82, 2.24) is 10.2 Å². The molecule has 1 fully saturated rings. The zero-order valence-electron chi connectivity index (χ0n) is 10.8. The van der Waals surface area contributed by atoms with Crippen LogP contribution in [0.25, 0.3) is 0 Å². The van der Waals surface area contributed by atoms with E-state index in [0.717, 1.165) is 13.1 Å². The average molecular weight is 289 g/mol. The maximum atomic E-state index is 12.9. The fourth-order valence-corrected chi connectivity index (χ4v) is 2.00. The molecule has 1 aliphatic rings. The molecule has 6 heteroatoms. The first kappa shape index (κ1) is 15.7. The molecule has 0 radical (unpaired) electrons. The molecule has 0 spiro atoms. The van der Waals surface area contributed by atoms with Gasteiger partial charge in [-0.15, -0.1) is 12.4 Å². The van der Waals surface area contributed by atoms with Gasteiger partial charge in [-0.25, -0.2) is 4.39 Å². The summed E-state index contributed by atoms with van der Waals surface area (Å²) in [6, 6.07) is 5.98. The first-order valence-electron chi connectivity index (χ1n) is 6.05. The van der Waals surface area contributed by atoms with E-state index in [-0.39, 0.29) is 36.8 Å². The van der Waals surface area contributed by atoms with Gasteiger partial charge in [0.05, 0.1) is 0 Å². The van der Waals surface area contributed by atoms with Crippen LogP contribution in [0.1, 0.15) is 6.92 Å². The van der Waals surface area contributed by atoms with Crippen molar-refractivity contribution in [3.05, 3.63) is 30.1 Å². The first-order valence-corrected chi connectivity index (χ1v) is 6.05. The maximum Gasteiger partial charge on any atom is 0.260 e. The summed E-state index contributed by atoms with van der Waals surface area (Å²) >= 11 is 0. The van der Waals surface area contributed by atoms with E-state index >= 15 is 0 Å². The Morgan fingerprint density at radius 1 is 1.58 bits per heavy atom. The fourth-order valence-electron chi connectivity index (χ4n) is 2.00. The smallest absolute Gasteiger partial charge is 0.260 e. The molecule has 1 aromatic carbocycles. The Hall–Kier alpha value is -1.33. The number of hydrogen-bond acceptors (Lipinski definition) is 3. The molecule has 4 nitrogen and oxygen atoms in total. The van der Waals surface area contributed by atoms with Gasteiger partial charge in [-0.05, 0) is 19.1 Å². The number of nitrogens with one attached hydrogen (secondary N) is 1. The molecule has 1 aromatic rings. The Morgan fingerprint density at radius 3 is 3.05 bits per heavy atom.